The largest absolute Gasteiger partial charge is 0.338 e. The van der Waals surface area contributed by atoms with E-state index < -0.39 is 6.04 Å². The highest BCUT2D eigenvalue weighted by Crippen LogP contribution is 2.19. The van der Waals surface area contributed by atoms with Crippen molar-refractivity contribution in [2.24, 2.45) is 0 Å². The van der Waals surface area contributed by atoms with Gasteiger partial charge in [0.15, 0.2) is 0 Å². The highest BCUT2D eigenvalue weighted by atomic mass is 19.1. The fraction of sp³-hybridized carbons (Fsp3) is 0.294. The minimum Gasteiger partial charge on any atom is -0.338 e. The van der Waals surface area contributed by atoms with Gasteiger partial charge in [-0.15, -0.1) is 0 Å². The standard InChI is InChI=1S/C17H18FN5O3/c1-9-8-14(25-22-9)20-16(24)10(2)19-11(3)17-21-15(23-26-17)12-4-6-13(18)7-5-12/h4-8,10-11,19H,1-3H3,(H,20,24). The molecule has 0 saturated carbocycles. The molecule has 9 heteroatoms. The van der Waals surface area contributed by atoms with Gasteiger partial charge in [-0.05, 0) is 45.0 Å². The molecule has 0 bridgehead atoms. The second kappa shape index (κ2) is 7.44. The summed E-state index contributed by atoms with van der Waals surface area (Å²) in [5.74, 6) is 0.327. The van der Waals surface area contributed by atoms with E-state index in [9.17, 15) is 9.18 Å². The van der Waals surface area contributed by atoms with Crippen molar-refractivity contribution < 1.29 is 18.2 Å². The summed E-state index contributed by atoms with van der Waals surface area (Å²) in [5, 5.41) is 13.3. The van der Waals surface area contributed by atoms with Crippen molar-refractivity contribution in [3.63, 3.8) is 0 Å². The van der Waals surface area contributed by atoms with Crippen LogP contribution in [-0.2, 0) is 4.79 Å². The smallest absolute Gasteiger partial charge is 0.243 e. The van der Waals surface area contributed by atoms with Crippen molar-refractivity contribution in [3.05, 3.63) is 47.7 Å². The summed E-state index contributed by atoms with van der Waals surface area (Å²) in [4.78, 5) is 16.5. The van der Waals surface area contributed by atoms with Crippen molar-refractivity contribution in [1.82, 2.24) is 20.6 Å². The summed E-state index contributed by atoms with van der Waals surface area (Å²) in [6, 6.07) is 6.50. The molecule has 3 rings (SSSR count). The van der Waals surface area contributed by atoms with Crippen molar-refractivity contribution in [2.45, 2.75) is 32.9 Å². The zero-order chi connectivity index (χ0) is 18.7. The third-order valence-electron chi connectivity index (χ3n) is 3.68. The van der Waals surface area contributed by atoms with Gasteiger partial charge < -0.3 is 9.05 Å². The zero-order valence-electron chi connectivity index (χ0n) is 14.5. The van der Waals surface area contributed by atoms with Crippen LogP contribution in [0.2, 0.25) is 0 Å². The minimum absolute atomic E-state index is 0.283. The van der Waals surface area contributed by atoms with E-state index in [1.807, 2.05) is 0 Å². The summed E-state index contributed by atoms with van der Waals surface area (Å²) in [5.41, 5.74) is 1.31. The van der Waals surface area contributed by atoms with Crippen LogP contribution in [-0.4, -0.2) is 27.2 Å². The van der Waals surface area contributed by atoms with Crippen LogP contribution >= 0.6 is 0 Å². The highest BCUT2D eigenvalue weighted by Gasteiger charge is 2.21. The number of halogens is 1. The fourth-order valence-corrected chi connectivity index (χ4v) is 2.30. The third-order valence-corrected chi connectivity index (χ3v) is 3.68. The molecule has 0 radical (unpaired) electrons. The quantitative estimate of drug-likeness (QED) is 0.697. The number of nitrogens with zero attached hydrogens (tertiary/aromatic N) is 3. The molecule has 26 heavy (non-hydrogen) atoms. The molecule has 2 heterocycles. The van der Waals surface area contributed by atoms with Crippen molar-refractivity contribution in [3.8, 4) is 11.4 Å². The molecule has 2 atom stereocenters. The Hall–Kier alpha value is -3.07. The predicted octanol–water partition coefficient (Wildman–Crippen LogP) is 2.85. The molecule has 2 aromatic heterocycles. The van der Waals surface area contributed by atoms with Crippen molar-refractivity contribution in [2.75, 3.05) is 5.32 Å². The lowest BCUT2D eigenvalue weighted by Crippen LogP contribution is -2.39. The molecular formula is C17H18FN5O3. The van der Waals surface area contributed by atoms with E-state index in [0.29, 0.717) is 23.0 Å². The minimum atomic E-state index is -0.545. The van der Waals surface area contributed by atoms with Crippen molar-refractivity contribution in [1.29, 1.82) is 0 Å². The van der Waals surface area contributed by atoms with Gasteiger partial charge in [-0.2, -0.15) is 4.98 Å². The molecular weight excluding hydrogens is 341 g/mol. The first-order valence-electron chi connectivity index (χ1n) is 8.02. The molecule has 1 amide bonds. The number of carbonyl (C=O) groups excluding carboxylic acids is 1. The number of carbonyl (C=O) groups is 1. The Balaban J connectivity index is 1.61. The molecule has 8 nitrogen and oxygen atoms in total. The van der Waals surface area contributed by atoms with E-state index in [1.54, 1.807) is 39.0 Å². The zero-order valence-corrected chi connectivity index (χ0v) is 14.5. The Morgan fingerprint density at radius 3 is 2.54 bits per heavy atom. The SMILES string of the molecule is Cc1cc(NC(=O)C(C)NC(C)c2nc(-c3ccc(F)cc3)no2)on1. The van der Waals surface area contributed by atoms with E-state index in [0.717, 1.165) is 0 Å². The number of anilines is 1. The number of benzene rings is 1. The first kappa shape index (κ1) is 17.7. The van der Waals surface area contributed by atoms with E-state index >= 15 is 0 Å². The van der Waals surface area contributed by atoms with Crippen LogP contribution in [0.25, 0.3) is 11.4 Å². The average Bonchev–Trinajstić information content (AvgIpc) is 3.25. The molecule has 0 aliphatic carbocycles. The van der Waals surface area contributed by atoms with Gasteiger partial charge in [-0.25, -0.2) is 4.39 Å². The molecule has 0 spiro atoms. The van der Waals surface area contributed by atoms with Gasteiger partial charge >= 0.3 is 0 Å². The maximum absolute atomic E-state index is 13.0. The fourth-order valence-electron chi connectivity index (χ4n) is 2.30. The van der Waals surface area contributed by atoms with Crippen LogP contribution in [0.3, 0.4) is 0 Å². The molecule has 1 aromatic carbocycles. The van der Waals surface area contributed by atoms with Gasteiger partial charge in [0, 0.05) is 11.6 Å². The van der Waals surface area contributed by atoms with E-state index in [-0.39, 0.29) is 23.7 Å². The van der Waals surface area contributed by atoms with Gasteiger partial charge in [-0.1, -0.05) is 10.3 Å². The Labute approximate surface area is 148 Å². The van der Waals surface area contributed by atoms with E-state index in [4.69, 9.17) is 9.05 Å². The molecule has 2 unspecified atom stereocenters. The molecule has 0 aliphatic rings. The Bertz CT molecular complexity index is 890. The Kier molecular flexibility index (Phi) is 5.08. The molecule has 0 saturated heterocycles. The summed E-state index contributed by atoms with van der Waals surface area (Å²) in [6.07, 6.45) is 0. The number of aryl methyl sites for hydroxylation is 1. The number of rotatable bonds is 6. The van der Waals surface area contributed by atoms with Crippen molar-refractivity contribution >= 4 is 11.8 Å². The first-order chi connectivity index (χ1) is 12.4. The third kappa shape index (κ3) is 4.12. The lowest BCUT2D eigenvalue weighted by atomic mass is 10.2. The van der Waals surface area contributed by atoms with E-state index in [2.05, 4.69) is 25.9 Å². The number of aromatic nitrogens is 3. The van der Waals surface area contributed by atoms with Crippen LogP contribution in [0.5, 0.6) is 0 Å². The topological polar surface area (TPSA) is 106 Å². The van der Waals surface area contributed by atoms with E-state index in [1.165, 1.54) is 12.1 Å². The van der Waals surface area contributed by atoms with Crippen LogP contribution in [0.4, 0.5) is 10.3 Å². The van der Waals surface area contributed by atoms with Crippen LogP contribution < -0.4 is 10.6 Å². The maximum Gasteiger partial charge on any atom is 0.243 e. The van der Waals surface area contributed by atoms with Gasteiger partial charge in [0.2, 0.25) is 23.5 Å². The lowest BCUT2D eigenvalue weighted by Gasteiger charge is -2.16. The monoisotopic (exact) mass is 359 g/mol. The second-order valence-electron chi connectivity index (χ2n) is 5.89. The number of hydrogen-bond donors (Lipinski definition) is 2. The van der Waals surface area contributed by atoms with Gasteiger partial charge in [-0.3, -0.25) is 15.4 Å². The highest BCUT2D eigenvalue weighted by molar-refractivity contribution is 5.93. The number of amides is 1. The summed E-state index contributed by atoms with van der Waals surface area (Å²) in [7, 11) is 0. The van der Waals surface area contributed by atoms with Gasteiger partial charge in [0.25, 0.3) is 0 Å². The molecule has 3 aromatic rings. The van der Waals surface area contributed by atoms with Gasteiger partial charge in [0.1, 0.15) is 5.82 Å². The second-order valence-corrected chi connectivity index (χ2v) is 5.89. The molecule has 2 N–H and O–H groups in total. The summed E-state index contributed by atoms with van der Waals surface area (Å²) < 4.78 is 23.2. The maximum atomic E-state index is 13.0. The van der Waals surface area contributed by atoms with Gasteiger partial charge in [0.05, 0.1) is 17.8 Å². The number of nitrogens with one attached hydrogen (secondary N) is 2. The summed E-state index contributed by atoms with van der Waals surface area (Å²) >= 11 is 0. The Morgan fingerprint density at radius 2 is 1.88 bits per heavy atom. The first-order valence-corrected chi connectivity index (χ1v) is 8.02. The Morgan fingerprint density at radius 1 is 1.15 bits per heavy atom. The van der Waals surface area contributed by atoms with Crippen LogP contribution in [0, 0.1) is 12.7 Å². The molecule has 0 fully saturated rings. The predicted molar refractivity (Wildman–Crippen MR) is 90.6 cm³/mol. The number of hydrogen-bond acceptors (Lipinski definition) is 7. The lowest BCUT2D eigenvalue weighted by molar-refractivity contribution is -0.118. The summed E-state index contributed by atoms with van der Waals surface area (Å²) in [6.45, 7) is 5.26. The molecule has 136 valence electrons. The molecule has 0 aliphatic heterocycles. The normalized spacial score (nSPS) is 13.4. The average molecular weight is 359 g/mol. The van der Waals surface area contributed by atoms with Crippen LogP contribution in [0.1, 0.15) is 31.5 Å². The van der Waals surface area contributed by atoms with Crippen LogP contribution in [0.15, 0.2) is 39.4 Å².